The predicted molar refractivity (Wildman–Crippen MR) is 83.0 cm³/mol. The van der Waals surface area contributed by atoms with Gasteiger partial charge in [0.25, 0.3) is 0 Å². The van der Waals surface area contributed by atoms with Crippen molar-refractivity contribution in [3.63, 3.8) is 0 Å². The molecule has 0 aliphatic carbocycles. The normalized spacial score (nSPS) is 21.9. The van der Waals surface area contributed by atoms with E-state index in [4.69, 9.17) is 25.6 Å². The molecule has 1 aromatic rings. The second kappa shape index (κ2) is 5.25. The van der Waals surface area contributed by atoms with E-state index in [1.54, 1.807) is 7.11 Å². The van der Waals surface area contributed by atoms with Crippen LogP contribution in [0.25, 0.3) is 0 Å². The molecule has 1 heterocycles. The van der Waals surface area contributed by atoms with Crippen LogP contribution in [0.5, 0.6) is 5.75 Å². The van der Waals surface area contributed by atoms with Crippen LogP contribution in [0.2, 0.25) is 0 Å². The second-order valence-electron chi connectivity index (χ2n) is 6.20. The highest BCUT2D eigenvalue weighted by Gasteiger charge is 2.52. The van der Waals surface area contributed by atoms with Gasteiger partial charge in [0, 0.05) is 0 Å². The fourth-order valence-electron chi connectivity index (χ4n) is 2.21. The van der Waals surface area contributed by atoms with Gasteiger partial charge in [-0.05, 0) is 57.8 Å². The maximum absolute atomic E-state index is 6.29. The van der Waals surface area contributed by atoms with Crippen molar-refractivity contribution < 1.29 is 14.0 Å². The van der Waals surface area contributed by atoms with Gasteiger partial charge in [0.2, 0.25) is 0 Å². The average molecular weight is 297 g/mol. The minimum absolute atomic E-state index is 0.140. The summed E-state index contributed by atoms with van der Waals surface area (Å²) in [5.41, 5.74) is 1.23. The van der Waals surface area contributed by atoms with Crippen LogP contribution in [-0.2, 0) is 9.31 Å². The van der Waals surface area contributed by atoms with E-state index in [2.05, 4.69) is 0 Å². The number of hydrogen-bond donors (Lipinski definition) is 0. The Morgan fingerprint density at radius 3 is 2.15 bits per heavy atom. The molecule has 1 unspecified atom stereocenters. The highest BCUT2D eigenvalue weighted by atomic mass is 35.5. The van der Waals surface area contributed by atoms with E-state index in [1.807, 2.05) is 52.8 Å². The van der Waals surface area contributed by atoms with Gasteiger partial charge in [-0.1, -0.05) is 6.07 Å². The monoisotopic (exact) mass is 296 g/mol. The third-order valence-corrected chi connectivity index (χ3v) is 4.46. The van der Waals surface area contributed by atoms with Crippen LogP contribution in [-0.4, -0.2) is 25.4 Å². The Morgan fingerprint density at radius 1 is 1.15 bits per heavy atom. The summed E-state index contributed by atoms with van der Waals surface area (Å²) in [6.45, 7) is 10.1. The molecule has 0 spiro atoms. The van der Waals surface area contributed by atoms with Gasteiger partial charge in [-0.2, -0.15) is 0 Å². The van der Waals surface area contributed by atoms with Crippen LogP contribution in [0.15, 0.2) is 18.2 Å². The lowest BCUT2D eigenvalue weighted by Gasteiger charge is -2.32. The molecule has 2 rings (SSSR count). The smallest absolute Gasteiger partial charge is 0.495 e. The SMILES string of the molecule is COc1ccc(B2OC(C)(C)C(C)(C)O2)c(C(C)Cl)c1. The highest BCUT2D eigenvalue weighted by molar-refractivity contribution is 6.63. The van der Waals surface area contributed by atoms with Crippen molar-refractivity contribution in [1.82, 2.24) is 0 Å². The van der Waals surface area contributed by atoms with E-state index in [0.29, 0.717) is 0 Å². The number of benzene rings is 1. The van der Waals surface area contributed by atoms with E-state index >= 15 is 0 Å². The average Bonchev–Trinajstić information content (AvgIpc) is 2.57. The van der Waals surface area contributed by atoms with Crippen molar-refractivity contribution in [2.24, 2.45) is 0 Å². The van der Waals surface area contributed by atoms with Crippen molar-refractivity contribution in [2.45, 2.75) is 51.2 Å². The summed E-state index contributed by atoms with van der Waals surface area (Å²) in [5.74, 6) is 0.785. The Balaban J connectivity index is 2.39. The fourth-order valence-corrected chi connectivity index (χ4v) is 2.40. The molecule has 1 aliphatic heterocycles. The Kier molecular flexibility index (Phi) is 4.11. The third-order valence-electron chi connectivity index (χ3n) is 4.23. The molecule has 1 aliphatic rings. The standard InChI is InChI=1S/C15H22BClO3/c1-10(17)12-9-11(18-6)7-8-13(12)16-19-14(2,3)15(4,5)20-16/h7-10H,1-6H3. The quantitative estimate of drug-likeness (QED) is 0.633. The summed E-state index contributed by atoms with van der Waals surface area (Å²) in [7, 11) is 1.24. The molecular weight excluding hydrogens is 274 g/mol. The number of hydrogen-bond acceptors (Lipinski definition) is 3. The van der Waals surface area contributed by atoms with Gasteiger partial charge >= 0.3 is 7.12 Å². The zero-order valence-corrected chi connectivity index (χ0v) is 13.7. The van der Waals surface area contributed by atoms with Crippen molar-refractivity contribution >= 4 is 24.2 Å². The van der Waals surface area contributed by atoms with Gasteiger partial charge in [0.05, 0.1) is 23.7 Å². The fraction of sp³-hybridized carbons (Fsp3) is 0.600. The van der Waals surface area contributed by atoms with E-state index in [9.17, 15) is 0 Å². The van der Waals surface area contributed by atoms with Crippen LogP contribution >= 0.6 is 11.6 Å². The lowest BCUT2D eigenvalue weighted by molar-refractivity contribution is 0.00578. The molecule has 0 bridgehead atoms. The zero-order valence-electron chi connectivity index (χ0n) is 13.0. The second-order valence-corrected chi connectivity index (χ2v) is 6.85. The van der Waals surface area contributed by atoms with Gasteiger partial charge in [-0.25, -0.2) is 0 Å². The topological polar surface area (TPSA) is 27.7 Å². The third kappa shape index (κ3) is 2.69. The molecule has 1 atom stereocenters. The molecule has 1 aromatic carbocycles. The van der Waals surface area contributed by atoms with Crippen molar-refractivity contribution in [2.75, 3.05) is 7.11 Å². The Labute approximate surface area is 126 Å². The van der Waals surface area contributed by atoms with E-state index in [1.165, 1.54) is 0 Å². The van der Waals surface area contributed by atoms with Crippen molar-refractivity contribution in [3.8, 4) is 5.75 Å². The van der Waals surface area contributed by atoms with Crippen LogP contribution in [0.3, 0.4) is 0 Å². The maximum atomic E-state index is 6.29. The molecule has 1 fully saturated rings. The molecule has 3 nitrogen and oxygen atoms in total. The lowest BCUT2D eigenvalue weighted by atomic mass is 9.75. The summed E-state index contributed by atoms with van der Waals surface area (Å²) < 4.78 is 17.4. The summed E-state index contributed by atoms with van der Waals surface area (Å²) in [4.78, 5) is 0. The van der Waals surface area contributed by atoms with Crippen molar-refractivity contribution in [3.05, 3.63) is 23.8 Å². The molecule has 110 valence electrons. The highest BCUT2D eigenvalue weighted by Crippen LogP contribution is 2.37. The van der Waals surface area contributed by atoms with Crippen molar-refractivity contribution in [1.29, 1.82) is 0 Å². The van der Waals surface area contributed by atoms with Crippen LogP contribution < -0.4 is 10.2 Å². The number of ether oxygens (including phenoxy) is 1. The van der Waals surface area contributed by atoms with Gasteiger partial charge < -0.3 is 14.0 Å². The first-order valence-corrected chi connectivity index (χ1v) is 7.29. The lowest BCUT2D eigenvalue weighted by Crippen LogP contribution is -2.41. The van der Waals surface area contributed by atoms with E-state index in [-0.39, 0.29) is 16.6 Å². The predicted octanol–water partition coefficient (Wildman–Crippen LogP) is 3.29. The van der Waals surface area contributed by atoms with Crippen LogP contribution in [0.4, 0.5) is 0 Å². The largest absolute Gasteiger partial charge is 0.497 e. The molecule has 0 aromatic heterocycles. The van der Waals surface area contributed by atoms with Gasteiger partial charge in [0.1, 0.15) is 5.75 Å². The molecule has 0 N–H and O–H groups in total. The minimum Gasteiger partial charge on any atom is -0.497 e. The first kappa shape index (κ1) is 15.7. The molecular formula is C15H22BClO3. The molecule has 0 saturated carbocycles. The first-order valence-electron chi connectivity index (χ1n) is 6.85. The van der Waals surface area contributed by atoms with Gasteiger partial charge in [-0.15, -0.1) is 11.6 Å². The number of halogens is 1. The number of alkyl halides is 1. The number of methoxy groups -OCH3 is 1. The summed E-state index contributed by atoms with van der Waals surface area (Å²) in [6, 6.07) is 5.82. The van der Waals surface area contributed by atoms with Crippen LogP contribution in [0, 0.1) is 0 Å². The Hall–Kier alpha value is -0.705. The number of rotatable bonds is 3. The van der Waals surface area contributed by atoms with E-state index in [0.717, 1.165) is 16.8 Å². The summed E-state index contributed by atoms with van der Waals surface area (Å²) >= 11 is 6.29. The van der Waals surface area contributed by atoms with Crippen LogP contribution in [0.1, 0.15) is 45.6 Å². The van der Waals surface area contributed by atoms with E-state index < -0.39 is 7.12 Å². The Morgan fingerprint density at radius 2 is 1.70 bits per heavy atom. The summed E-state index contributed by atoms with van der Waals surface area (Å²) in [6.07, 6.45) is 0. The first-order chi connectivity index (χ1) is 9.18. The maximum Gasteiger partial charge on any atom is 0.495 e. The van der Waals surface area contributed by atoms with Gasteiger partial charge in [0.15, 0.2) is 0 Å². The molecule has 20 heavy (non-hydrogen) atoms. The minimum atomic E-state index is -0.401. The zero-order chi connectivity index (χ0) is 15.1. The molecule has 5 heteroatoms. The summed E-state index contributed by atoms with van der Waals surface area (Å²) in [5, 5.41) is -0.140. The molecule has 1 saturated heterocycles. The molecule has 0 radical (unpaired) electrons. The Bertz CT molecular complexity index is 484. The molecule has 0 amide bonds. The van der Waals surface area contributed by atoms with Gasteiger partial charge in [-0.3, -0.25) is 0 Å².